The number of aromatic carboxylic acids is 1. The Morgan fingerprint density at radius 3 is 2.41 bits per heavy atom. The van der Waals surface area contributed by atoms with Gasteiger partial charge in [0.25, 0.3) is 0 Å². The van der Waals surface area contributed by atoms with Crippen molar-refractivity contribution in [1.82, 2.24) is 0 Å². The normalized spacial score (nSPS) is 9.94. The minimum absolute atomic E-state index is 0.0105. The van der Waals surface area contributed by atoms with Gasteiger partial charge in [0.1, 0.15) is 22.9 Å². The maximum absolute atomic E-state index is 13.3. The maximum atomic E-state index is 13.3. The summed E-state index contributed by atoms with van der Waals surface area (Å²) in [7, 11) is 0. The van der Waals surface area contributed by atoms with E-state index in [1.165, 1.54) is 12.1 Å². The number of carboxylic acids is 1. The van der Waals surface area contributed by atoms with E-state index >= 15 is 0 Å². The van der Waals surface area contributed by atoms with Gasteiger partial charge in [-0.25, -0.2) is 9.18 Å². The van der Waals surface area contributed by atoms with Gasteiger partial charge in [0.15, 0.2) is 0 Å². The third kappa shape index (κ3) is 2.42. The summed E-state index contributed by atoms with van der Waals surface area (Å²) >= 11 is 0. The zero-order valence-electron chi connectivity index (χ0n) is 8.76. The van der Waals surface area contributed by atoms with Crippen molar-refractivity contribution in [3.05, 3.63) is 59.9 Å². The Morgan fingerprint density at radius 2 is 1.76 bits per heavy atom. The van der Waals surface area contributed by atoms with Crippen molar-refractivity contribution >= 4 is 5.97 Å². The van der Waals surface area contributed by atoms with E-state index in [1.54, 1.807) is 30.3 Å². The Kier molecular flexibility index (Phi) is 3.05. The summed E-state index contributed by atoms with van der Waals surface area (Å²) in [4.78, 5) is 10.9. The fourth-order valence-corrected chi connectivity index (χ4v) is 1.41. The molecule has 0 unspecified atom stereocenters. The summed E-state index contributed by atoms with van der Waals surface area (Å²) in [5, 5.41) is 8.90. The second kappa shape index (κ2) is 4.65. The number of hydrogen-bond acceptors (Lipinski definition) is 2. The molecule has 17 heavy (non-hydrogen) atoms. The average molecular weight is 232 g/mol. The van der Waals surface area contributed by atoms with E-state index in [9.17, 15) is 9.18 Å². The lowest BCUT2D eigenvalue weighted by Crippen LogP contribution is -2.03. The first-order valence-corrected chi connectivity index (χ1v) is 4.93. The highest BCUT2D eigenvalue weighted by atomic mass is 19.1. The van der Waals surface area contributed by atoms with Crippen LogP contribution in [0, 0.1) is 5.82 Å². The van der Waals surface area contributed by atoms with Crippen LogP contribution < -0.4 is 4.74 Å². The lowest BCUT2D eigenvalue weighted by molar-refractivity contribution is 0.0689. The molecule has 0 aliphatic rings. The molecule has 0 bridgehead atoms. The van der Waals surface area contributed by atoms with E-state index in [-0.39, 0.29) is 5.75 Å². The molecule has 0 radical (unpaired) electrons. The van der Waals surface area contributed by atoms with Crippen LogP contribution >= 0.6 is 0 Å². The second-order valence-corrected chi connectivity index (χ2v) is 3.33. The molecule has 0 spiro atoms. The Labute approximate surface area is 97.1 Å². The van der Waals surface area contributed by atoms with Crippen LogP contribution in [0.25, 0.3) is 0 Å². The lowest BCUT2D eigenvalue weighted by atomic mass is 10.2. The molecule has 0 aromatic heterocycles. The fourth-order valence-electron chi connectivity index (χ4n) is 1.41. The van der Waals surface area contributed by atoms with Crippen molar-refractivity contribution < 1.29 is 19.0 Å². The highest BCUT2D eigenvalue weighted by Gasteiger charge is 2.17. The van der Waals surface area contributed by atoms with Crippen molar-refractivity contribution in [3.63, 3.8) is 0 Å². The maximum Gasteiger partial charge on any atom is 0.342 e. The predicted octanol–water partition coefficient (Wildman–Crippen LogP) is 3.32. The molecule has 0 heterocycles. The molecule has 2 aromatic carbocycles. The van der Waals surface area contributed by atoms with Gasteiger partial charge >= 0.3 is 5.97 Å². The molecular weight excluding hydrogens is 223 g/mol. The van der Waals surface area contributed by atoms with E-state index < -0.39 is 17.3 Å². The van der Waals surface area contributed by atoms with Gasteiger partial charge in [-0.15, -0.1) is 0 Å². The van der Waals surface area contributed by atoms with Gasteiger partial charge in [-0.3, -0.25) is 0 Å². The van der Waals surface area contributed by atoms with Gasteiger partial charge in [-0.05, 0) is 24.3 Å². The van der Waals surface area contributed by atoms with Crippen LogP contribution in [-0.2, 0) is 0 Å². The zero-order valence-corrected chi connectivity index (χ0v) is 8.76. The van der Waals surface area contributed by atoms with Crippen molar-refractivity contribution in [1.29, 1.82) is 0 Å². The lowest BCUT2D eigenvalue weighted by Gasteiger charge is -2.08. The summed E-state index contributed by atoms with van der Waals surface area (Å²) < 4.78 is 18.7. The Balaban J connectivity index is 2.40. The molecule has 3 nitrogen and oxygen atoms in total. The fraction of sp³-hybridized carbons (Fsp3) is 0. The van der Waals surface area contributed by atoms with Crippen molar-refractivity contribution in [3.8, 4) is 11.5 Å². The molecule has 0 saturated carbocycles. The SMILES string of the molecule is O=C(O)c1c(F)cccc1Oc1ccccc1. The average Bonchev–Trinajstić information content (AvgIpc) is 2.30. The zero-order chi connectivity index (χ0) is 12.3. The monoisotopic (exact) mass is 232 g/mol. The van der Waals surface area contributed by atoms with E-state index in [0.29, 0.717) is 5.75 Å². The van der Waals surface area contributed by atoms with Crippen LogP contribution in [0.4, 0.5) is 4.39 Å². The van der Waals surface area contributed by atoms with E-state index in [1.807, 2.05) is 0 Å². The van der Waals surface area contributed by atoms with Crippen LogP contribution in [0.2, 0.25) is 0 Å². The molecule has 0 fully saturated rings. The summed E-state index contributed by atoms with van der Waals surface area (Å²) in [5.74, 6) is -1.72. The van der Waals surface area contributed by atoms with Gasteiger partial charge < -0.3 is 9.84 Å². The Bertz CT molecular complexity index is 538. The first kappa shape index (κ1) is 11.1. The Morgan fingerprint density at radius 1 is 1.06 bits per heavy atom. The molecule has 0 atom stereocenters. The third-order valence-corrected chi connectivity index (χ3v) is 2.16. The summed E-state index contributed by atoms with van der Waals surface area (Å²) in [6.45, 7) is 0. The number of halogens is 1. The first-order valence-electron chi connectivity index (χ1n) is 4.93. The summed E-state index contributed by atoms with van der Waals surface area (Å²) in [5.41, 5.74) is -0.462. The van der Waals surface area contributed by atoms with Gasteiger partial charge in [0.2, 0.25) is 0 Å². The van der Waals surface area contributed by atoms with E-state index in [4.69, 9.17) is 9.84 Å². The molecule has 0 aliphatic carbocycles. The van der Waals surface area contributed by atoms with Gasteiger partial charge in [0.05, 0.1) is 0 Å². The number of carboxylic acid groups (broad SMARTS) is 1. The van der Waals surface area contributed by atoms with Gasteiger partial charge in [-0.2, -0.15) is 0 Å². The molecule has 86 valence electrons. The number of rotatable bonds is 3. The highest BCUT2D eigenvalue weighted by Crippen LogP contribution is 2.26. The first-order chi connectivity index (χ1) is 8.18. The van der Waals surface area contributed by atoms with Crippen LogP contribution in [-0.4, -0.2) is 11.1 Å². The minimum atomic E-state index is -1.35. The third-order valence-electron chi connectivity index (χ3n) is 2.16. The molecular formula is C13H9FO3. The summed E-state index contributed by atoms with van der Waals surface area (Å²) in [6, 6.07) is 12.5. The number of carbonyl (C=O) groups is 1. The van der Waals surface area contributed by atoms with Gasteiger partial charge in [-0.1, -0.05) is 24.3 Å². The molecule has 0 amide bonds. The molecule has 2 aromatic rings. The van der Waals surface area contributed by atoms with Crippen LogP contribution in [0.3, 0.4) is 0 Å². The highest BCUT2D eigenvalue weighted by molar-refractivity contribution is 5.91. The molecule has 4 heteroatoms. The van der Waals surface area contributed by atoms with E-state index in [0.717, 1.165) is 6.07 Å². The molecule has 0 saturated heterocycles. The second-order valence-electron chi connectivity index (χ2n) is 3.33. The standard InChI is InChI=1S/C13H9FO3/c14-10-7-4-8-11(12(10)13(15)16)17-9-5-2-1-3-6-9/h1-8H,(H,15,16). The largest absolute Gasteiger partial charge is 0.477 e. The van der Waals surface area contributed by atoms with Crippen molar-refractivity contribution in [2.45, 2.75) is 0 Å². The van der Waals surface area contributed by atoms with Crippen molar-refractivity contribution in [2.24, 2.45) is 0 Å². The van der Waals surface area contributed by atoms with Crippen LogP contribution in [0.15, 0.2) is 48.5 Å². The van der Waals surface area contributed by atoms with Crippen molar-refractivity contribution in [2.75, 3.05) is 0 Å². The van der Waals surface area contributed by atoms with Crippen LogP contribution in [0.1, 0.15) is 10.4 Å². The molecule has 2 rings (SSSR count). The number of hydrogen-bond donors (Lipinski definition) is 1. The van der Waals surface area contributed by atoms with E-state index in [2.05, 4.69) is 0 Å². The Hall–Kier alpha value is -2.36. The predicted molar refractivity (Wildman–Crippen MR) is 59.9 cm³/mol. The number of benzene rings is 2. The molecule has 0 aliphatic heterocycles. The molecule has 1 N–H and O–H groups in total. The minimum Gasteiger partial charge on any atom is -0.477 e. The number of ether oxygens (including phenoxy) is 1. The van der Waals surface area contributed by atoms with Gasteiger partial charge in [0, 0.05) is 0 Å². The quantitative estimate of drug-likeness (QED) is 0.882. The smallest absolute Gasteiger partial charge is 0.342 e. The topological polar surface area (TPSA) is 46.5 Å². The van der Waals surface area contributed by atoms with Crippen LogP contribution in [0.5, 0.6) is 11.5 Å². The summed E-state index contributed by atoms with van der Waals surface area (Å²) in [6.07, 6.45) is 0. The number of para-hydroxylation sites is 1.